The van der Waals surface area contributed by atoms with Crippen LogP contribution in [0.1, 0.15) is 24.3 Å². The number of nitrogens with zero attached hydrogens (tertiary/aromatic N) is 3. The fourth-order valence-corrected chi connectivity index (χ4v) is 3.26. The van der Waals surface area contributed by atoms with E-state index in [4.69, 9.17) is 9.26 Å². The molecule has 152 valence electrons. The van der Waals surface area contributed by atoms with Crippen molar-refractivity contribution in [3.8, 4) is 22.9 Å². The second-order valence-electron chi connectivity index (χ2n) is 6.83. The number of benzene rings is 2. The molecule has 1 saturated carbocycles. The highest BCUT2D eigenvalue weighted by atomic mass is 19.3. The minimum absolute atomic E-state index is 0.0166. The Bertz CT molecular complexity index is 960. The Hall–Kier alpha value is -3.00. The van der Waals surface area contributed by atoms with Gasteiger partial charge in [0.15, 0.2) is 0 Å². The molecular weight excluding hydrogens is 380 g/mol. The van der Waals surface area contributed by atoms with Gasteiger partial charge in [-0.15, -0.1) is 0 Å². The Kier molecular flexibility index (Phi) is 5.71. The molecule has 1 aromatic heterocycles. The topological polar surface area (TPSA) is 60.6 Å². The number of aromatic nitrogens is 2. The van der Waals surface area contributed by atoms with Crippen molar-refractivity contribution in [1.29, 1.82) is 0 Å². The normalized spacial score (nSPS) is 13.8. The van der Waals surface area contributed by atoms with Crippen LogP contribution in [0.5, 0.6) is 11.5 Å². The lowest BCUT2D eigenvalue weighted by Crippen LogP contribution is -2.25. The molecule has 0 bridgehead atoms. The van der Waals surface area contributed by atoms with Crippen molar-refractivity contribution >= 4 is 0 Å². The van der Waals surface area contributed by atoms with Crippen LogP contribution in [0.25, 0.3) is 11.4 Å². The number of rotatable bonds is 9. The van der Waals surface area contributed by atoms with Gasteiger partial charge in [-0.2, -0.15) is 13.8 Å². The molecule has 3 aromatic rings. The quantitative estimate of drug-likeness (QED) is 0.526. The van der Waals surface area contributed by atoms with E-state index in [1.807, 2.05) is 24.3 Å². The predicted molar refractivity (Wildman–Crippen MR) is 102 cm³/mol. The molecule has 1 fully saturated rings. The molecule has 0 spiro atoms. The summed E-state index contributed by atoms with van der Waals surface area (Å²) in [5.74, 6) is 1.50. The molecule has 1 aliphatic carbocycles. The minimum Gasteiger partial charge on any atom is -0.496 e. The summed E-state index contributed by atoms with van der Waals surface area (Å²) in [6.45, 7) is -1.76. The van der Waals surface area contributed by atoms with Crippen molar-refractivity contribution in [2.24, 2.45) is 0 Å². The van der Waals surface area contributed by atoms with Gasteiger partial charge in [0.25, 0.3) is 0 Å². The van der Waals surface area contributed by atoms with E-state index in [1.165, 1.54) is 6.07 Å². The van der Waals surface area contributed by atoms with Gasteiger partial charge >= 0.3 is 6.61 Å². The zero-order valence-electron chi connectivity index (χ0n) is 15.9. The second kappa shape index (κ2) is 8.57. The largest absolute Gasteiger partial charge is 0.496 e. The monoisotopic (exact) mass is 401 g/mol. The van der Waals surface area contributed by atoms with Crippen LogP contribution >= 0.6 is 0 Å². The first-order chi connectivity index (χ1) is 14.1. The fourth-order valence-electron chi connectivity index (χ4n) is 3.26. The average molecular weight is 401 g/mol. The van der Waals surface area contributed by atoms with Gasteiger partial charge in [-0.1, -0.05) is 35.5 Å². The van der Waals surface area contributed by atoms with Gasteiger partial charge in [0.05, 0.1) is 19.2 Å². The van der Waals surface area contributed by atoms with Crippen LogP contribution in [0.2, 0.25) is 0 Å². The lowest BCUT2D eigenvalue weighted by atomic mass is 10.2. The van der Waals surface area contributed by atoms with Gasteiger partial charge in [0.2, 0.25) is 11.7 Å². The Morgan fingerprint density at radius 2 is 1.79 bits per heavy atom. The van der Waals surface area contributed by atoms with Crippen molar-refractivity contribution in [3.05, 3.63) is 60.0 Å². The van der Waals surface area contributed by atoms with Gasteiger partial charge in [-0.25, -0.2) is 0 Å². The summed E-state index contributed by atoms with van der Waals surface area (Å²) in [6, 6.07) is 14.7. The van der Waals surface area contributed by atoms with Crippen molar-refractivity contribution in [2.75, 3.05) is 7.11 Å². The number of alkyl halides is 2. The smallest absolute Gasteiger partial charge is 0.387 e. The molecule has 1 heterocycles. The van der Waals surface area contributed by atoms with E-state index in [1.54, 1.807) is 25.3 Å². The molecule has 0 aliphatic heterocycles. The third kappa shape index (κ3) is 4.71. The molecule has 0 N–H and O–H groups in total. The molecule has 2 aromatic carbocycles. The molecule has 0 atom stereocenters. The van der Waals surface area contributed by atoms with Crippen LogP contribution in [0, 0.1) is 0 Å². The highest BCUT2D eigenvalue weighted by Gasteiger charge is 2.31. The molecule has 0 radical (unpaired) electrons. The van der Waals surface area contributed by atoms with E-state index in [0.717, 1.165) is 24.2 Å². The Morgan fingerprint density at radius 3 is 2.52 bits per heavy atom. The number of methoxy groups -OCH3 is 1. The molecule has 8 heteroatoms. The van der Waals surface area contributed by atoms with Crippen LogP contribution < -0.4 is 9.47 Å². The maximum Gasteiger partial charge on any atom is 0.387 e. The van der Waals surface area contributed by atoms with E-state index < -0.39 is 6.61 Å². The van der Waals surface area contributed by atoms with Crippen LogP contribution in [0.15, 0.2) is 53.1 Å². The summed E-state index contributed by atoms with van der Waals surface area (Å²) >= 11 is 0. The predicted octanol–water partition coefficient (Wildman–Crippen LogP) is 4.51. The first-order valence-electron chi connectivity index (χ1n) is 9.37. The summed E-state index contributed by atoms with van der Waals surface area (Å²) in [4.78, 5) is 6.67. The molecule has 0 saturated heterocycles. The minimum atomic E-state index is -2.92. The third-order valence-corrected chi connectivity index (χ3v) is 4.78. The second-order valence-corrected chi connectivity index (χ2v) is 6.83. The summed E-state index contributed by atoms with van der Waals surface area (Å²) in [6.07, 6.45) is 2.22. The lowest BCUT2D eigenvalue weighted by Gasteiger charge is -2.21. The van der Waals surface area contributed by atoms with Crippen LogP contribution in [-0.2, 0) is 13.1 Å². The molecular formula is C21H21F2N3O3. The van der Waals surface area contributed by atoms with E-state index in [0.29, 0.717) is 30.6 Å². The maximum absolute atomic E-state index is 12.7. The number of hydrogen-bond donors (Lipinski definition) is 0. The van der Waals surface area contributed by atoms with Gasteiger partial charge in [-0.05, 0) is 31.0 Å². The fraction of sp³-hybridized carbons (Fsp3) is 0.333. The van der Waals surface area contributed by atoms with Gasteiger partial charge in [0.1, 0.15) is 11.5 Å². The Balaban J connectivity index is 1.52. The summed E-state index contributed by atoms with van der Waals surface area (Å²) in [5.41, 5.74) is 1.45. The van der Waals surface area contributed by atoms with Gasteiger partial charge in [0, 0.05) is 18.2 Å². The Labute approximate surface area is 167 Å². The molecule has 1 aliphatic rings. The number of para-hydroxylation sites is 2. The first kappa shape index (κ1) is 19.3. The van der Waals surface area contributed by atoms with Crippen LogP contribution in [-0.4, -0.2) is 34.8 Å². The standard InChI is InChI=1S/C21H21F2N3O3/c1-27-17-8-4-2-6-14(17)12-26(15-10-11-15)13-19-24-20(25-29-19)16-7-3-5-9-18(16)28-21(22)23/h2-9,15,21H,10-13H2,1H3. The zero-order chi connectivity index (χ0) is 20.2. The maximum atomic E-state index is 12.7. The lowest BCUT2D eigenvalue weighted by molar-refractivity contribution is -0.0494. The Morgan fingerprint density at radius 1 is 1.07 bits per heavy atom. The van der Waals surface area contributed by atoms with Gasteiger partial charge in [-0.3, -0.25) is 4.90 Å². The molecule has 6 nitrogen and oxygen atoms in total. The summed E-state index contributed by atoms with van der Waals surface area (Å²) in [7, 11) is 1.66. The van der Waals surface area contributed by atoms with E-state index in [-0.39, 0.29) is 11.6 Å². The SMILES string of the molecule is COc1ccccc1CN(Cc1nc(-c2ccccc2OC(F)F)no1)C1CC1. The molecule has 29 heavy (non-hydrogen) atoms. The van der Waals surface area contributed by atoms with E-state index >= 15 is 0 Å². The highest BCUT2D eigenvalue weighted by molar-refractivity contribution is 5.63. The third-order valence-electron chi connectivity index (χ3n) is 4.78. The number of halogens is 2. The van der Waals surface area contributed by atoms with Crippen LogP contribution in [0.3, 0.4) is 0 Å². The van der Waals surface area contributed by atoms with Gasteiger partial charge < -0.3 is 14.0 Å². The number of ether oxygens (including phenoxy) is 2. The first-order valence-corrected chi connectivity index (χ1v) is 9.37. The van der Waals surface area contributed by atoms with Crippen molar-refractivity contribution in [1.82, 2.24) is 15.0 Å². The summed E-state index contributed by atoms with van der Waals surface area (Å²) in [5, 5.41) is 3.97. The molecule has 0 amide bonds. The van der Waals surface area contributed by atoms with Crippen LogP contribution in [0.4, 0.5) is 8.78 Å². The van der Waals surface area contributed by atoms with E-state index in [2.05, 4.69) is 19.8 Å². The van der Waals surface area contributed by atoms with Crippen molar-refractivity contribution in [3.63, 3.8) is 0 Å². The average Bonchev–Trinajstić information content (AvgIpc) is 3.47. The number of hydrogen-bond acceptors (Lipinski definition) is 6. The molecule has 4 rings (SSSR count). The van der Waals surface area contributed by atoms with Crippen molar-refractivity contribution < 1.29 is 22.8 Å². The van der Waals surface area contributed by atoms with E-state index in [9.17, 15) is 8.78 Å². The van der Waals surface area contributed by atoms with Crippen molar-refractivity contribution in [2.45, 2.75) is 38.6 Å². The summed E-state index contributed by atoms with van der Waals surface area (Å²) < 4.78 is 40.7. The molecule has 0 unspecified atom stereocenters. The zero-order valence-corrected chi connectivity index (χ0v) is 15.9. The highest BCUT2D eigenvalue weighted by Crippen LogP contribution is 2.33.